The number of rotatable bonds is 8. The van der Waals surface area contributed by atoms with E-state index in [1.807, 2.05) is 25.5 Å². The van der Waals surface area contributed by atoms with Crippen molar-refractivity contribution in [3.05, 3.63) is 83.1 Å². The maximum Gasteiger partial charge on any atom is 0.496 e. The number of piperazine rings is 2. The van der Waals surface area contributed by atoms with Crippen LogP contribution in [0, 0.1) is 0 Å². The van der Waals surface area contributed by atoms with Crippen molar-refractivity contribution in [3.63, 3.8) is 0 Å². The lowest BCUT2D eigenvalue weighted by atomic mass is 9.79. The number of pyridine rings is 2. The van der Waals surface area contributed by atoms with E-state index in [0.717, 1.165) is 123 Å². The number of β-amino-alcohol motifs (C(OH)–C–C–N with tert-alkyl or cyclic N) is 2. The molecule has 0 aromatic carbocycles. The topological polar surface area (TPSA) is 162 Å². The van der Waals surface area contributed by atoms with Gasteiger partial charge in [-0.25, -0.2) is 9.97 Å². The number of halogens is 1. The number of aromatic nitrogens is 6. The van der Waals surface area contributed by atoms with Crippen molar-refractivity contribution < 1.29 is 19.5 Å². The molecule has 1 aliphatic carbocycles. The Morgan fingerprint density at radius 3 is 1.93 bits per heavy atom. The molecule has 0 bridgehead atoms. The largest absolute Gasteiger partial charge is 0.496 e. The van der Waals surface area contributed by atoms with E-state index in [-0.39, 0.29) is 31.5 Å². The lowest BCUT2D eigenvalue weighted by Gasteiger charge is -2.34. The van der Waals surface area contributed by atoms with Gasteiger partial charge in [-0.2, -0.15) is 0 Å². The third-order valence-corrected chi connectivity index (χ3v) is 11.9. The lowest BCUT2D eigenvalue weighted by molar-refractivity contribution is 0.00578. The van der Waals surface area contributed by atoms with E-state index < -0.39 is 0 Å². The van der Waals surface area contributed by atoms with Gasteiger partial charge in [-0.3, -0.25) is 34.7 Å². The van der Waals surface area contributed by atoms with Gasteiger partial charge in [0.25, 0.3) is 0 Å². The number of aliphatic hydroxyl groups is 2. The summed E-state index contributed by atoms with van der Waals surface area (Å²) in [5.74, 6) is 1.74. The smallest absolute Gasteiger partial charge is 0.399 e. The number of nitrogens with zero attached hydrogens (tertiary/aromatic N) is 11. The maximum absolute atomic E-state index is 9.04. The van der Waals surface area contributed by atoms with Crippen molar-refractivity contribution in [1.29, 1.82) is 0 Å². The molecule has 0 saturated carbocycles. The van der Waals surface area contributed by atoms with Crippen molar-refractivity contribution in [2.24, 2.45) is 4.99 Å². The van der Waals surface area contributed by atoms with E-state index in [9.17, 15) is 0 Å². The molecule has 59 heavy (non-hydrogen) atoms. The molecule has 15 nitrogen and oxygen atoms in total. The van der Waals surface area contributed by atoms with E-state index in [4.69, 9.17) is 36.1 Å². The Balaban J connectivity index is 0.000000137. The van der Waals surface area contributed by atoms with Crippen LogP contribution in [0.1, 0.15) is 57.1 Å². The van der Waals surface area contributed by atoms with E-state index in [2.05, 4.69) is 101 Å². The summed E-state index contributed by atoms with van der Waals surface area (Å²) in [6.45, 7) is 20.2. The number of anilines is 2. The number of hydrogen-bond acceptors (Lipinski definition) is 15. The van der Waals surface area contributed by atoms with E-state index in [1.54, 1.807) is 12.4 Å². The quantitative estimate of drug-likeness (QED) is 0.250. The Morgan fingerprint density at radius 2 is 1.32 bits per heavy atom. The first kappa shape index (κ1) is 42.7. The van der Waals surface area contributed by atoms with Gasteiger partial charge >= 0.3 is 7.12 Å². The van der Waals surface area contributed by atoms with Gasteiger partial charge in [0.1, 0.15) is 16.8 Å². The molecular formula is C42H55BClN11O4. The van der Waals surface area contributed by atoms with Crippen molar-refractivity contribution in [1.82, 2.24) is 39.7 Å². The van der Waals surface area contributed by atoms with Gasteiger partial charge in [0, 0.05) is 107 Å². The third kappa shape index (κ3) is 10.3. The molecule has 9 rings (SSSR count). The van der Waals surface area contributed by atoms with E-state index in [0.29, 0.717) is 11.7 Å². The normalized spacial score (nSPS) is 19.4. The highest BCUT2D eigenvalue weighted by molar-refractivity contribution is 6.62. The van der Waals surface area contributed by atoms with Crippen LogP contribution in [-0.4, -0.2) is 153 Å². The fraction of sp³-hybridized carbons (Fsp3) is 0.500. The molecule has 0 atom stereocenters. The monoisotopic (exact) mass is 823 g/mol. The molecule has 8 heterocycles. The fourth-order valence-corrected chi connectivity index (χ4v) is 7.56. The maximum atomic E-state index is 9.04. The molecule has 3 fully saturated rings. The minimum absolute atomic E-state index is 0.217. The highest BCUT2D eigenvalue weighted by atomic mass is 35.5. The van der Waals surface area contributed by atoms with Gasteiger partial charge < -0.3 is 29.3 Å². The number of hydrogen-bond donors (Lipinski definition) is 2. The second-order valence-electron chi connectivity index (χ2n) is 16.2. The fourth-order valence-electron chi connectivity index (χ4n) is 7.41. The number of fused-ring (bicyclic) bond motifs is 2. The van der Waals surface area contributed by atoms with Gasteiger partial charge in [-0.15, -0.1) is 0 Å². The SMILES string of the molecule is CC1=NCc2ncc(B3OC(C)(C)C(C)(C)O3)cc21.OCCN1CCN(c2cncc(-c3cnc4c(c3)C=CC4)n2)CC1.OCCN1CCN(c2cncc(Cl)n2)CC1. The van der Waals surface area contributed by atoms with E-state index >= 15 is 0 Å². The summed E-state index contributed by atoms with van der Waals surface area (Å²) in [5.41, 5.74) is 7.70. The molecule has 4 aliphatic heterocycles. The van der Waals surface area contributed by atoms with Crippen molar-refractivity contribution in [2.45, 2.75) is 58.8 Å². The summed E-state index contributed by atoms with van der Waals surface area (Å²) in [5, 5.41) is 18.3. The highest BCUT2D eigenvalue weighted by Crippen LogP contribution is 2.36. The van der Waals surface area contributed by atoms with Crippen LogP contribution in [-0.2, 0) is 22.3 Å². The van der Waals surface area contributed by atoms with Gasteiger partial charge in [0.15, 0.2) is 0 Å². The first-order valence-electron chi connectivity index (χ1n) is 20.4. The second-order valence-corrected chi connectivity index (χ2v) is 16.6. The van der Waals surface area contributed by atoms with Gasteiger partial charge in [0.05, 0.1) is 72.8 Å². The van der Waals surface area contributed by atoms with Gasteiger partial charge in [0.2, 0.25) is 0 Å². The van der Waals surface area contributed by atoms with Crippen LogP contribution in [0.25, 0.3) is 17.3 Å². The number of aliphatic hydroxyl groups excluding tert-OH is 2. The summed E-state index contributed by atoms with van der Waals surface area (Å²) in [6.07, 6.45) is 15.8. The van der Waals surface area contributed by atoms with Crippen LogP contribution in [0.4, 0.5) is 11.6 Å². The Kier molecular flexibility index (Phi) is 13.7. The van der Waals surface area contributed by atoms with Crippen LogP contribution in [0.3, 0.4) is 0 Å². The zero-order valence-corrected chi connectivity index (χ0v) is 35.5. The number of allylic oxidation sites excluding steroid dienone is 1. The van der Waals surface area contributed by atoms with Crippen molar-refractivity contribution in [2.75, 3.05) is 88.5 Å². The molecule has 4 aromatic rings. The third-order valence-electron chi connectivity index (χ3n) is 11.7. The molecule has 3 saturated heterocycles. The Bertz CT molecular complexity index is 2110. The zero-order chi connectivity index (χ0) is 41.6. The molecule has 0 unspecified atom stereocenters. The minimum atomic E-state index is -0.351. The summed E-state index contributed by atoms with van der Waals surface area (Å²) in [7, 11) is -0.351. The molecular weight excluding hydrogens is 769 g/mol. The molecule has 2 N–H and O–H groups in total. The van der Waals surface area contributed by atoms with Crippen LogP contribution >= 0.6 is 11.6 Å². The number of aliphatic imine (C=N–C) groups is 1. The first-order valence-corrected chi connectivity index (χ1v) is 20.8. The molecule has 312 valence electrons. The molecule has 0 radical (unpaired) electrons. The lowest BCUT2D eigenvalue weighted by Crippen LogP contribution is -2.47. The molecule has 5 aliphatic rings. The van der Waals surface area contributed by atoms with Gasteiger partial charge in [-0.05, 0) is 52.3 Å². The molecule has 0 amide bonds. The Hall–Kier alpha value is -4.42. The summed E-state index contributed by atoms with van der Waals surface area (Å²) in [4.78, 5) is 39.8. The average molecular weight is 824 g/mol. The Labute approximate surface area is 352 Å². The van der Waals surface area contributed by atoms with E-state index in [1.165, 1.54) is 11.8 Å². The Morgan fingerprint density at radius 1 is 0.729 bits per heavy atom. The van der Waals surface area contributed by atoms with Crippen LogP contribution in [0.5, 0.6) is 0 Å². The summed E-state index contributed by atoms with van der Waals surface area (Å²) < 4.78 is 12.1. The second kappa shape index (κ2) is 18.9. The summed E-state index contributed by atoms with van der Waals surface area (Å²) in [6, 6.07) is 4.23. The zero-order valence-electron chi connectivity index (χ0n) is 34.8. The first-order chi connectivity index (χ1) is 28.4. The van der Waals surface area contributed by atoms with Gasteiger partial charge in [-0.1, -0.05) is 23.8 Å². The molecule has 17 heteroatoms. The average Bonchev–Trinajstić information content (AvgIpc) is 3.93. The minimum Gasteiger partial charge on any atom is -0.399 e. The highest BCUT2D eigenvalue weighted by Gasteiger charge is 2.52. The standard InChI is InChI=1S/C18H21N5O.C14H19BN2O2.C10H15ClN4O/c24-9-8-22-4-6-23(7-5-22)18-13-19-12-17(21-18)15-10-14-2-1-3-16(14)20-11-15;1-9-11-6-10(7-17-12(11)8-16-9)15-18-13(2,3)14(4,5)19-15;11-9-7-12-8-10(13-9)15-3-1-14(2-4-15)5-6-16/h1-2,10-13,24H,3-9H2;6-7H,8H2,1-5H3;7-8,16H,1-6H2. The van der Waals surface area contributed by atoms with Crippen LogP contribution in [0.2, 0.25) is 5.15 Å². The van der Waals surface area contributed by atoms with Crippen molar-refractivity contribution in [3.8, 4) is 11.3 Å². The summed E-state index contributed by atoms with van der Waals surface area (Å²) >= 11 is 5.80. The predicted molar refractivity (Wildman–Crippen MR) is 232 cm³/mol. The van der Waals surface area contributed by atoms with Crippen LogP contribution in [0.15, 0.2) is 60.4 Å². The predicted octanol–water partition coefficient (Wildman–Crippen LogP) is 3.17. The molecule has 0 spiro atoms. The van der Waals surface area contributed by atoms with Crippen LogP contribution < -0.4 is 15.3 Å². The van der Waals surface area contributed by atoms with Crippen molar-refractivity contribution >= 4 is 47.6 Å². The molecule has 4 aromatic heterocycles.